The first-order valence-corrected chi connectivity index (χ1v) is 29.1. The summed E-state index contributed by atoms with van der Waals surface area (Å²) in [5.41, 5.74) is 30.4. The topological polar surface area (TPSA) is 406 Å². The Labute approximate surface area is 507 Å². The molecule has 15 N–H and O–H groups in total. The lowest BCUT2D eigenvalue weighted by atomic mass is 9.95. The Morgan fingerprint density at radius 1 is 0.391 bits per heavy atom. The maximum Gasteiger partial charge on any atom is 0.312 e. The Morgan fingerprint density at radius 2 is 0.644 bits per heavy atom. The van der Waals surface area contributed by atoms with E-state index in [1.807, 2.05) is 0 Å². The highest BCUT2D eigenvalue weighted by molar-refractivity contribution is 6.04. The second kappa shape index (κ2) is 37.1. The van der Waals surface area contributed by atoms with Gasteiger partial charge in [-0.15, -0.1) is 0 Å². The van der Waals surface area contributed by atoms with Crippen LogP contribution in [0.1, 0.15) is 147 Å². The van der Waals surface area contributed by atoms with Crippen LogP contribution in [0.5, 0.6) is 23.0 Å². The van der Waals surface area contributed by atoms with Gasteiger partial charge in [-0.05, 0) is 174 Å². The predicted octanol–water partition coefficient (Wildman–Crippen LogP) is 3.14. The van der Waals surface area contributed by atoms with Crippen LogP contribution in [0.15, 0.2) is 72.8 Å². The van der Waals surface area contributed by atoms with Crippen LogP contribution >= 0.6 is 0 Å². The second-order valence-electron chi connectivity index (χ2n) is 21.0. The number of Topliss-reactive ketones (excluding diaryl/α,β-unsaturated/α-hetero) is 4. The molecule has 87 heavy (non-hydrogen) atoms. The molecule has 4 rings (SSSR count). The van der Waals surface area contributed by atoms with Crippen molar-refractivity contribution in [1.82, 2.24) is 21.3 Å². The maximum absolute atomic E-state index is 14.3. The van der Waals surface area contributed by atoms with Gasteiger partial charge in [0.25, 0.3) is 23.6 Å². The minimum Gasteiger partial charge on any atom is -0.496 e. The third kappa shape index (κ3) is 22.7. The highest BCUT2D eigenvalue weighted by Crippen LogP contribution is 2.27. The zero-order valence-corrected chi connectivity index (χ0v) is 50.1. The van der Waals surface area contributed by atoms with Gasteiger partial charge in [0.1, 0.15) is 29.4 Å². The summed E-state index contributed by atoms with van der Waals surface area (Å²) in [6, 6.07) is 14.3. The zero-order chi connectivity index (χ0) is 64.0. The van der Waals surface area contributed by atoms with E-state index in [4.69, 9.17) is 52.7 Å². The van der Waals surface area contributed by atoms with Crippen molar-refractivity contribution in [3.8, 4) is 23.0 Å². The Hall–Kier alpha value is -8.58. The molecule has 24 heteroatoms. The fourth-order valence-corrected chi connectivity index (χ4v) is 9.80. The van der Waals surface area contributed by atoms with E-state index in [0.29, 0.717) is 99.8 Å². The van der Waals surface area contributed by atoms with Crippen LogP contribution in [-0.2, 0) is 54.5 Å². The standard InChI is InChI=1S/C63H85N9O15/c1-84-54-21-17-38(29-42(54)60(68)80)33-51(74)47(14-6-10-26-65)70-62(82)44-31-40(19-23-56(44)86-3)35-53(76)49(16-8-12-28-67)72-63(83)45-32-41(20-24-57(45)87-4)36-52(75)48(15-7-11-27-66)71-61(81)43-30-39(18-22-55(43)85-2)34-50(73)46(13-5-9-25-64)69-58(77)37-59(78)79/h17-24,29-32,46-49H,5-16,25-28,33-37,64-67H2,1-4H3,(H2,68,80)(H,69,77)(H,70,82)(H,71,81)(H,72,83)(H,78,79)/t46-,47-,48-,49-/m0/s1. The van der Waals surface area contributed by atoms with E-state index in [1.54, 1.807) is 24.3 Å². The molecule has 0 aliphatic carbocycles. The molecule has 24 nitrogen and oxygen atoms in total. The quantitative estimate of drug-likeness (QED) is 0.0225. The first kappa shape index (κ1) is 70.9. The largest absolute Gasteiger partial charge is 0.496 e. The van der Waals surface area contributed by atoms with E-state index in [0.717, 1.165) is 0 Å². The van der Waals surface area contributed by atoms with Crippen molar-refractivity contribution < 1.29 is 72.0 Å². The lowest BCUT2D eigenvalue weighted by Gasteiger charge is -2.21. The summed E-state index contributed by atoms with van der Waals surface area (Å²) in [4.78, 5) is 134. The summed E-state index contributed by atoms with van der Waals surface area (Å²) in [7, 11) is 5.49. The predicted molar refractivity (Wildman–Crippen MR) is 325 cm³/mol. The summed E-state index contributed by atoms with van der Waals surface area (Å²) in [5.74, 6) is -5.81. The zero-order valence-electron chi connectivity index (χ0n) is 50.1. The van der Waals surface area contributed by atoms with Crippen LogP contribution < -0.4 is 68.9 Å². The summed E-state index contributed by atoms with van der Waals surface area (Å²) in [6.45, 7) is 1.36. The maximum atomic E-state index is 14.3. The minimum absolute atomic E-state index is 0.0154. The van der Waals surface area contributed by atoms with Crippen molar-refractivity contribution in [2.75, 3.05) is 54.6 Å². The molecule has 5 amide bonds. The van der Waals surface area contributed by atoms with Crippen LogP contribution in [0.4, 0.5) is 0 Å². The summed E-state index contributed by atoms with van der Waals surface area (Å²) >= 11 is 0. The van der Waals surface area contributed by atoms with Crippen LogP contribution in [-0.4, -0.2) is 143 Å². The van der Waals surface area contributed by atoms with E-state index in [1.165, 1.54) is 77.0 Å². The molecule has 0 aromatic heterocycles. The number of hydrogen-bond acceptors (Lipinski definition) is 18. The number of hydrogen-bond donors (Lipinski definition) is 10. The van der Waals surface area contributed by atoms with Crippen molar-refractivity contribution in [1.29, 1.82) is 0 Å². The number of aliphatic carboxylic acids is 1. The molecule has 0 spiro atoms. The molecule has 0 heterocycles. The van der Waals surface area contributed by atoms with Gasteiger partial charge in [0.05, 0.1) is 74.9 Å². The van der Waals surface area contributed by atoms with Crippen LogP contribution in [0.2, 0.25) is 0 Å². The van der Waals surface area contributed by atoms with Gasteiger partial charge in [-0.1, -0.05) is 24.3 Å². The van der Waals surface area contributed by atoms with E-state index < -0.39 is 83.4 Å². The molecule has 4 atom stereocenters. The van der Waals surface area contributed by atoms with Gasteiger partial charge in [0.2, 0.25) is 5.91 Å². The van der Waals surface area contributed by atoms with Crippen molar-refractivity contribution in [2.24, 2.45) is 28.7 Å². The Balaban J connectivity index is 1.56. The molecule has 4 aromatic rings. The number of nitrogens with two attached hydrogens (primary N) is 5. The van der Waals surface area contributed by atoms with Crippen LogP contribution in [0, 0.1) is 0 Å². The lowest BCUT2D eigenvalue weighted by molar-refractivity contribution is -0.141. The second-order valence-corrected chi connectivity index (χ2v) is 21.0. The summed E-state index contributed by atoms with van der Waals surface area (Å²) < 4.78 is 21.9. The first-order valence-electron chi connectivity index (χ1n) is 29.1. The Bertz CT molecular complexity index is 3040. The van der Waals surface area contributed by atoms with Gasteiger partial charge in [0, 0.05) is 25.7 Å². The van der Waals surface area contributed by atoms with Gasteiger partial charge in [-0.25, -0.2) is 0 Å². The van der Waals surface area contributed by atoms with Gasteiger partial charge in [-0.2, -0.15) is 0 Å². The number of unbranched alkanes of at least 4 members (excludes halogenated alkanes) is 4. The number of carboxylic acid groups (broad SMARTS) is 1. The van der Waals surface area contributed by atoms with Gasteiger partial charge < -0.3 is 74.0 Å². The number of carbonyl (C=O) groups excluding carboxylic acids is 9. The molecule has 0 unspecified atom stereocenters. The monoisotopic (exact) mass is 1210 g/mol. The number of ketones is 4. The van der Waals surface area contributed by atoms with E-state index in [2.05, 4.69) is 21.3 Å². The number of ether oxygens (including phenoxy) is 4. The average molecular weight is 1210 g/mol. The number of nitrogens with one attached hydrogen (secondary N) is 4. The first-order chi connectivity index (χ1) is 41.7. The smallest absolute Gasteiger partial charge is 0.312 e. The third-order valence-corrected chi connectivity index (χ3v) is 14.5. The lowest BCUT2D eigenvalue weighted by Crippen LogP contribution is -2.42. The highest BCUT2D eigenvalue weighted by Gasteiger charge is 2.30. The molecular weight excluding hydrogens is 1120 g/mol. The molecule has 0 radical (unpaired) electrons. The van der Waals surface area contributed by atoms with E-state index in [-0.39, 0.29) is 102 Å². The number of carbonyl (C=O) groups is 10. The fraction of sp³-hybridized carbons (Fsp3) is 0.460. The molecule has 0 bridgehead atoms. The molecular formula is C63H85N9O15. The van der Waals surface area contributed by atoms with Crippen molar-refractivity contribution in [2.45, 2.75) is 133 Å². The Morgan fingerprint density at radius 3 is 0.885 bits per heavy atom. The molecule has 0 saturated heterocycles. The average Bonchev–Trinajstić information content (AvgIpc) is 2.93. The number of benzene rings is 4. The van der Waals surface area contributed by atoms with Gasteiger partial charge >= 0.3 is 5.97 Å². The number of carboxylic acids is 1. The minimum atomic E-state index is -1.35. The van der Waals surface area contributed by atoms with Crippen LogP contribution in [0.3, 0.4) is 0 Å². The summed E-state index contributed by atoms with van der Waals surface area (Å²) in [5, 5.41) is 20.2. The van der Waals surface area contributed by atoms with Crippen LogP contribution in [0.25, 0.3) is 0 Å². The normalized spacial score (nSPS) is 12.3. The molecule has 0 aliphatic rings. The van der Waals surface area contributed by atoms with Crippen molar-refractivity contribution in [3.05, 3.63) is 117 Å². The number of methoxy groups -OCH3 is 4. The number of rotatable bonds is 42. The van der Waals surface area contributed by atoms with E-state index in [9.17, 15) is 47.9 Å². The van der Waals surface area contributed by atoms with Gasteiger partial charge in [0.15, 0.2) is 23.1 Å². The highest BCUT2D eigenvalue weighted by atomic mass is 16.5. The molecule has 0 aliphatic heterocycles. The van der Waals surface area contributed by atoms with Gasteiger partial charge in [-0.3, -0.25) is 47.9 Å². The molecule has 4 aromatic carbocycles. The fourth-order valence-electron chi connectivity index (χ4n) is 9.80. The number of amides is 5. The Kier molecular flexibility index (Phi) is 30.2. The van der Waals surface area contributed by atoms with Crippen molar-refractivity contribution in [3.63, 3.8) is 0 Å². The van der Waals surface area contributed by atoms with E-state index >= 15 is 0 Å². The molecule has 0 fully saturated rings. The summed E-state index contributed by atoms with van der Waals surface area (Å²) in [6.07, 6.45) is 3.35. The SMILES string of the molecule is COc1ccc(CC(=O)[C@H](CCCCN)NC(=O)c2cc(CC(=O)[C@H](CCCCN)NC(=O)c3cc(CC(=O)[C@H](CCCCN)NC(=O)c4cc(CC(=O)[C@H](CCCCN)NC(=O)CC(=O)O)ccc4OC)ccc3OC)ccc2OC)cc1C(N)=O. The molecule has 472 valence electrons. The third-order valence-electron chi connectivity index (χ3n) is 14.5. The number of primary amides is 1. The molecule has 0 saturated carbocycles. The van der Waals surface area contributed by atoms with Crippen molar-refractivity contribution >= 4 is 58.6 Å².